The number of hydrazone groups is 1. The fraction of sp³-hybridized carbons (Fsp3) is 0.364. The highest BCUT2D eigenvalue weighted by molar-refractivity contribution is 5.81. The number of nitro groups is 1. The van der Waals surface area contributed by atoms with E-state index in [2.05, 4.69) is 5.10 Å². The molecule has 1 fully saturated rings. The third-order valence-corrected chi connectivity index (χ3v) is 2.55. The quantitative estimate of drug-likeness (QED) is 0.491. The summed E-state index contributed by atoms with van der Waals surface area (Å²) in [5.41, 5.74) is 0.256. The molecule has 0 radical (unpaired) electrons. The number of hydrogen-bond donors (Lipinski definition) is 1. The highest BCUT2D eigenvalue weighted by Gasteiger charge is 2.13. The lowest BCUT2D eigenvalue weighted by Crippen LogP contribution is -2.32. The Balaban J connectivity index is 2.11. The zero-order chi connectivity index (χ0) is 13.0. The molecule has 0 aromatic heterocycles. The van der Waals surface area contributed by atoms with Gasteiger partial charge in [-0.05, 0) is 12.1 Å². The van der Waals surface area contributed by atoms with Gasteiger partial charge in [0, 0.05) is 11.6 Å². The molecule has 7 heteroatoms. The summed E-state index contributed by atoms with van der Waals surface area (Å²) in [5, 5.41) is 26.0. The molecule has 0 saturated carbocycles. The Morgan fingerprint density at radius 1 is 1.44 bits per heavy atom. The Labute approximate surface area is 103 Å². The smallest absolute Gasteiger partial charge is 0.311 e. The van der Waals surface area contributed by atoms with Gasteiger partial charge in [0.15, 0.2) is 5.75 Å². The van der Waals surface area contributed by atoms with Crippen LogP contribution < -0.4 is 0 Å². The molecule has 0 unspecified atom stereocenters. The first-order valence-electron chi connectivity index (χ1n) is 5.51. The highest BCUT2D eigenvalue weighted by atomic mass is 16.6. The van der Waals surface area contributed by atoms with Crippen LogP contribution in [0.3, 0.4) is 0 Å². The van der Waals surface area contributed by atoms with E-state index in [0.29, 0.717) is 31.9 Å². The molecule has 0 aliphatic carbocycles. The van der Waals surface area contributed by atoms with Gasteiger partial charge in [0.05, 0.1) is 37.4 Å². The number of phenols is 1. The monoisotopic (exact) mass is 251 g/mol. The molecule has 0 amide bonds. The van der Waals surface area contributed by atoms with Crippen LogP contribution in [0.15, 0.2) is 23.3 Å². The van der Waals surface area contributed by atoms with Crippen molar-refractivity contribution in [2.45, 2.75) is 0 Å². The van der Waals surface area contributed by atoms with Crippen LogP contribution in [0.1, 0.15) is 5.56 Å². The predicted octanol–water partition coefficient (Wildman–Crippen LogP) is 0.966. The van der Waals surface area contributed by atoms with Gasteiger partial charge in [0.25, 0.3) is 0 Å². The van der Waals surface area contributed by atoms with Gasteiger partial charge >= 0.3 is 5.69 Å². The van der Waals surface area contributed by atoms with Crippen molar-refractivity contribution in [1.82, 2.24) is 5.01 Å². The number of rotatable bonds is 3. The molecule has 1 aliphatic rings. The maximum Gasteiger partial charge on any atom is 0.311 e. The molecule has 18 heavy (non-hydrogen) atoms. The topological polar surface area (TPSA) is 88.2 Å². The van der Waals surface area contributed by atoms with E-state index in [4.69, 9.17) is 4.74 Å². The van der Waals surface area contributed by atoms with Crippen molar-refractivity contribution in [2.75, 3.05) is 26.3 Å². The summed E-state index contributed by atoms with van der Waals surface area (Å²) in [6.45, 7) is 2.67. The molecule has 96 valence electrons. The average Bonchev–Trinajstić information content (AvgIpc) is 2.38. The highest BCUT2D eigenvalue weighted by Crippen LogP contribution is 2.25. The second-order valence-corrected chi connectivity index (χ2v) is 3.82. The Bertz CT molecular complexity index is 469. The minimum atomic E-state index is -0.624. The van der Waals surface area contributed by atoms with Gasteiger partial charge in [-0.1, -0.05) is 0 Å². The molecule has 1 aromatic rings. The molecule has 0 atom stereocenters. The minimum Gasteiger partial charge on any atom is -0.502 e. The number of nitro benzene ring substituents is 1. The summed E-state index contributed by atoms with van der Waals surface area (Å²) in [6, 6.07) is 4.16. The van der Waals surface area contributed by atoms with Crippen molar-refractivity contribution in [2.24, 2.45) is 5.10 Å². The van der Waals surface area contributed by atoms with Crippen LogP contribution in [0.25, 0.3) is 0 Å². The standard InChI is InChI=1S/C11H13N3O4/c15-11-2-1-9(7-10(11)14(16)17)8-12-13-3-5-18-6-4-13/h1-2,7-8,15H,3-6H2/b12-8+. The van der Waals surface area contributed by atoms with Gasteiger partial charge in [-0.25, -0.2) is 0 Å². The molecule has 1 aliphatic heterocycles. The predicted molar refractivity (Wildman–Crippen MR) is 64.7 cm³/mol. The van der Waals surface area contributed by atoms with Crippen LogP contribution in [0.4, 0.5) is 5.69 Å². The first-order valence-corrected chi connectivity index (χ1v) is 5.51. The van der Waals surface area contributed by atoms with E-state index in [1.54, 1.807) is 6.07 Å². The van der Waals surface area contributed by atoms with E-state index < -0.39 is 4.92 Å². The molecule has 0 spiro atoms. The van der Waals surface area contributed by atoms with Gasteiger partial charge in [-0.3, -0.25) is 15.1 Å². The second kappa shape index (κ2) is 5.46. The van der Waals surface area contributed by atoms with Crippen molar-refractivity contribution in [3.63, 3.8) is 0 Å². The second-order valence-electron chi connectivity index (χ2n) is 3.82. The van der Waals surface area contributed by atoms with Crippen molar-refractivity contribution in [3.05, 3.63) is 33.9 Å². The molecule has 1 saturated heterocycles. The fourth-order valence-corrected chi connectivity index (χ4v) is 1.58. The van der Waals surface area contributed by atoms with Crippen molar-refractivity contribution < 1.29 is 14.8 Å². The van der Waals surface area contributed by atoms with Crippen molar-refractivity contribution in [1.29, 1.82) is 0 Å². The summed E-state index contributed by atoms with van der Waals surface area (Å²) < 4.78 is 5.18. The first kappa shape index (κ1) is 12.3. The van der Waals surface area contributed by atoms with Gasteiger partial charge in [0.1, 0.15) is 0 Å². The van der Waals surface area contributed by atoms with Crippen LogP contribution in [-0.2, 0) is 4.74 Å². The molecular formula is C11H13N3O4. The first-order chi connectivity index (χ1) is 8.66. The third kappa shape index (κ3) is 2.95. The number of hydrogen-bond acceptors (Lipinski definition) is 6. The molecule has 7 nitrogen and oxygen atoms in total. The van der Waals surface area contributed by atoms with Gasteiger partial charge in [0.2, 0.25) is 0 Å². The number of benzene rings is 1. The Hall–Kier alpha value is -2.15. The van der Waals surface area contributed by atoms with Crippen LogP contribution in [0.2, 0.25) is 0 Å². The van der Waals surface area contributed by atoms with E-state index in [-0.39, 0.29) is 11.4 Å². The maximum absolute atomic E-state index is 10.7. The van der Waals surface area contributed by atoms with Gasteiger partial charge < -0.3 is 9.84 Å². The molecule has 1 heterocycles. The lowest BCUT2D eigenvalue weighted by atomic mass is 10.2. The number of ether oxygens (including phenoxy) is 1. The molecule has 0 bridgehead atoms. The normalized spacial score (nSPS) is 16.1. The Kier molecular flexibility index (Phi) is 3.73. The van der Waals surface area contributed by atoms with Crippen LogP contribution in [0.5, 0.6) is 5.75 Å². The summed E-state index contributed by atoms with van der Waals surface area (Å²) in [7, 11) is 0. The van der Waals surface area contributed by atoms with E-state index in [1.165, 1.54) is 18.3 Å². The SMILES string of the molecule is O=[N+]([O-])c1cc(/C=N/N2CCOCC2)ccc1O. The van der Waals surface area contributed by atoms with E-state index in [1.807, 2.05) is 5.01 Å². The number of nitrogens with zero attached hydrogens (tertiary/aromatic N) is 3. The van der Waals surface area contributed by atoms with E-state index >= 15 is 0 Å². The van der Waals surface area contributed by atoms with E-state index in [0.717, 1.165) is 0 Å². The third-order valence-electron chi connectivity index (χ3n) is 2.55. The van der Waals surface area contributed by atoms with Crippen LogP contribution in [0, 0.1) is 10.1 Å². The number of aromatic hydroxyl groups is 1. The summed E-state index contributed by atoms with van der Waals surface area (Å²) >= 11 is 0. The number of morpholine rings is 1. The fourth-order valence-electron chi connectivity index (χ4n) is 1.58. The van der Waals surface area contributed by atoms with Crippen molar-refractivity contribution >= 4 is 11.9 Å². The average molecular weight is 251 g/mol. The minimum absolute atomic E-state index is 0.319. The van der Waals surface area contributed by atoms with Gasteiger partial charge in [-0.15, -0.1) is 0 Å². The van der Waals surface area contributed by atoms with Crippen LogP contribution in [-0.4, -0.2) is 47.6 Å². The zero-order valence-electron chi connectivity index (χ0n) is 9.65. The molecule has 2 rings (SSSR count). The number of phenolic OH excluding ortho intramolecular Hbond substituents is 1. The van der Waals surface area contributed by atoms with Gasteiger partial charge in [-0.2, -0.15) is 5.10 Å². The Morgan fingerprint density at radius 3 is 2.83 bits per heavy atom. The summed E-state index contributed by atoms with van der Waals surface area (Å²) in [6.07, 6.45) is 1.54. The molecule has 1 aromatic carbocycles. The lowest BCUT2D eigenvalue weighted by Gasteiger charge is -2.23. The van der Waals surface area contributed by atoms with Crippen LogP contribution >= 0.6 is 0 Å². The van der Waals surface area contributed by atoms with Crippen molar-refractivity contribution in [3.8, 4) is 5.75 Å². The lowest BCUT2D eigenvalue weighted by molar-refractivity contribution is -0.385. The van der Waals surface area contributed by atoms with E-state index in [9.17, 15) is 15.2 Å². The maximum atomic E-state index is 10.7. The largest absolute Gasteiger partial charge is 0.502 e. The summed E-state index contributed by atoms with van der Waals surface area (Å²) in [4.78, 5) is 10.0. The molecular weight excluding hydrogens is 238 g/mol. The Morgan fingerprint density at radius 2 is 2.17 bits per heavy atom. The summed E-state index contributed by atoms with van der Waals surface area (Å²) in [5.74, 6) is -0.344. The zero-order valence-corrected chi connectivity index (χ0v) is 9.65. The molecule has 1 N–H and O–H groups in total.